The highest BCUT2D eigenvalue weighted by atomic mass is 16.5. The highest BCUT2D eigenvalue weighted by Gasteiger charge is 2.22. The third-order valence-corrected chi connectivity index (χ3v) is 4.02. The van der Waals surface area contributed by atoms with Crippen molar-refractivity contribution in [3.8, 4) is 11.4 Å². The average Bonchev–Trinajstić information content (AvgIpc) is 3.05. The number of benzene rings is 2. The Morgan fingerprint density at radius 2 is 1.79 bits per heavy atom. The van der Waals surface area contributed by atoms with Crippen LogP contribution < -0.4 is 5.32 Å². The molecule has 3 aromatic rings. The lowest BCUT2D eigenvalue weighted by Crippen LogP contribution is -2.24. The van der Waals surface area contributed by atoms with Crippen molar-refractivity contribution in [2.75, 3.05) is 11.9 Å². The first kappa shape index (κ1) is 16.2. The molecule has 124 valence electrons. The molecule has 3 rings (SSSR count). The zero-order valence-corrected chi connectivity index (χ0v) is 13.9. The summed E-state index contributed by atoms with van der Waals surface area (Å²) in [6.07, 6.45) is 0.527. The van der Waals surface area contributed by atoms with Crippen molar-refractivity contribution < 1.29 is 9.63 Å². The minimum absolute atomic E-state index is 0.356. The van der Waals surface area contributed by atoms with E-state index in [0.717, 1.165) is 11.1 Å². The number of rotatable bonds is 6. The van der Waals surface area contributed by atoms with Gasteiger partial charge in [-0.1, -0.05) is 65.3 Å². The highest BCUT2D eigenvalue weighted by molar-refractivity contribution is 5.55. The SMILES string of the molecule is Cc1ccc(-c2noc(NCCC(C)(O)c3ccccc3)n2)cc1. The summed E-state index contributed by atoms with van der Waals surface area (Å²) in [7, 11) is 0. The van der Waals surface area contributed by atoms with Crippen LogP contribution in [0.1, 0.15) is 24.5 Å². The molecule has 2 N–H and O–H groups in total. The fourth-order valence-electron chi connectivity index (χ4n) is 2.47. The lowest BCUT2D eigenvalue weighted by Gasteiger charge is -2.23. The molecule has 5 nitrogen and oxygen atoms in total. The Morgan fingerprint density at radius 3 is 2.50 bits per heavy atom. The summed E-state index contributed by atoms with van der Waals surface area (Å²) in [5.41, 5.74) is 2.07. The van der Waals surface area contributed by atoms with Crippen molar-refractivity contribution in [1.82, 2.24) is 10.1 Å². The fourth-order valence-corrected chi connectivity index (χ4v) is 2.47. The van der Waals surface area contributed by atoms with Crippen LogP contribution >= 0.6 is 0 Å². The average molecular weight is 323 g/mol. The molecule has 0 aliphatic carbocycles. The lowest BCUT2D eigenvalue weighted by molar-refractivity contribution is 0.0514. The van der Waals surface area contributed by atoms with Gasteiger partial charge in [-0.25, -0.2) is 0 Å². The summed E-state index contributed by atoms with van der Waals surface area (Å²) in [5.74, 6) is 0.548. The summed E-state index contributed by atoms with van der Waals surface area (Å²) < 4.78 is 5.22. The molecule has 0 radical (unpaired) electrons. The topological polar surface area (TPSA) is 71.2 Å². The van der Waals surface area contributed by atoms with E-state index < -0.39 is 5.60 Å². The number of anilines is 1. The Hall–Kier alpha value is -2.66. The summed E-state index contributed by atoms with van der Waals surface area (Å²) >= 11 is 0. The number of nitrogens with zero attached hydrogens (tertiary/aromatic N) is 2. The van der Waals surface area contributed by atoms with Crippen LogP contribution in [0, 0.1) is 6.92 Å². The minimum Gasteiger partial charge on any atom is -0.385 e. The lowest BCUT2D eigenvalue weighted by atomic mass is 9.93. The maximum Gasteiger partial charge on any atom is 0.321 e. The summed E-state index contributed by atoms with van der Waals surface area (Å²) in [5, 5.41) is 17.6. The van der Waals surface area contributed by atoms with Gasteiger partial charge in [0.15, 0.2) is 0 Å². The van der Waals surface area contributed by atoms with Crippen LogP contribution in [0.5, 0.6) is 0 Å². The fraction of sp³-hybridized carbons (Fsp3) is 0.263. The van der Waals surface area contributed by atoms with Crippen molar-refractivity contribution in [1.29, 1.82) is 0 Å². The molecule has 0 saturated heterocycles. The van der Waals surface area contributed by atoms with Gasteiger partial charge in [0, 0.05) is 12.1 Å². The van der Waals surface area contributed by atoms with Crippen LogP contribution in [-0.2, 0) is 5.60 Å². The van der Waals surface area contributed by atoms with Gasteiger partial charge in [-0.15, -0.1) is 0 Å². The third kappa shape index (κ3) is 3.81. The standard InChI is InChI=1S/C19H21N3O2/c1-14-8-10-15(11-9-14)17-21-18(24-22-17)20-13-12-19(2,23)16-6-4-3-5-7-16/h3-11,23H,12-13H2,1-2H3,(H,20,21,22). The summed E-state index contributed by atoms with van der Waals surface area (Å²) in [4.78, 5) is 4.33. The van der Waals surface area contributed by atoms with Gasteiger partial charge in [0.2, 0.25) is 5.82 Å². The molecule has 5 heteroatoms. The Balaban J connectivity index is 1.59. The van der Waals surface area contributed by atoms with Crippen molar-refractivity contribution in [2.45, 2.75) is 25.9 Å². The first-order valence-corrected chi connectivity index (χ1v) is 7.97. The molecular formula is C19H21N3O2. The molecule has 0 aliphatic heterocycles. The molecule has 0 bridgehead atoms. The second-order valence-corrected chi connectivity index (χ2v) is 6.11. The van der Waals surface area contributed by atoms with Gasteiger partial charge < -0.3 is 14.9 Å². The molecule has 0 aliphatic rings. The Labute approximate surface area is 141 Å². The van der Waals surface area contributed by atoms with Crippen LogP contribution in [0.4, 0.5) is 6.01 Å². The smallest absolute Gasteiger partial charge is 0.321 e. The predicted molar refractivity (Wildman–Crippen MR) is 93.6 cm³/mol. The summed E-state index contributed by atoms with van der Waals surface area (Å²) in [6.45, 7) is 4.36. The van der Waals surface area contributed by atoms with E-state index in [0.29, 0.717) is 24.8 Å². The van der Waals surface area contributed by atoms with E-state index in [1.807, 2.05) is 61.5 Å². The van der Waals surface area contributed by atoms with Crippen molar-refractivity contribution in [3.05, 3.63) is 65.7 Å². The van der Waals surface area contributed by atoms with Gasteiger partial charge in [0.1, 0.15) is 0 Å². The van der Waals surface area contributed by atoms with Crippen molar-refractivity contribution in [3.63, 3.8) is 0 Å². The zero-order chi connectivity index (χ0) is 17.0. The molecule has 24 heavy (non-hydrogen) atoms. The van der Waals surface area contributed by atoms with E-state index in [1.54, 1.807) is 6.92 Å². The second kappa shape index (κ2) is 6.84. The van der Waals surface area contributed by atoms with Gasteiger partial charge >= 0.3 is 6.01 Å². The molecule has 2 aromatic carbocycles. The van der Waals surface area contributed by atoms with Crippen LogP contribution in [0.2, 0.25) is 0 Å². The van der Waals surface area contributed by atoms with Gasteiger partial charge in [-0.3, -0.25) is 0 Å². The largest absolute Gasteiger partial charge is 0.385 e. The quantitative estimate of drug-likeness (QED) is 0.723. The third-order valence-electron chi connectivity index (χ3n) is 4.02. The van der Waals surface area contributed by atoms with E-state index in [2.05, 4.69) is 15.5 Å². The van der Waals surface area contributed by atoms with Gasteiger partial charge in [0.05, 0.1) is 5.60 Å². The number of nitrogens with one attached hydrogen (secondary N) is 1. The maximum absolute atomic E-state index is 10.6. The molecule has 1 atom stereocenters. The van der Waals surface area contributed by atoms with Gasteiger partial charge in [0.25, 0.3) is 0 Å². The molecule has 1 aromatic heterocycles. The molecule has 1 unspecified atom stereocenters. The van der Waals surface area contributed by atoms with E-state index in [9.17, 15) is 5.11 Å². The second-order valence-electron chi connectivity index (χ2n) is 6.11. The van der Waals surface area contributed by atoms with E-state index in [4.69, 9.17) is 4.52 Å². The molecule has 0 spiro atoms. The van der Waals surface area contributed by atoms with Gasteiger partial charge in [-0.2, -0.15) is 4.98 Å². The van der Waals surface area contributed by atoms with Crippen LogP contribution in [0.15, 0.2) is 59.1 Å². The number of aryl methyl sites for hydroxylation is 1. The molecule has 0 amide bonds. The monoisotopic (exact) mass is 323 g/mol. The van der Waals surface area contributed by atoms with Crippen molar-refractivity contribution >= 4 is 6.01 Å². The zero-order valence-electron chi connectivity index (χ0n) is 13.9. The molecular weight excluding hydrogens is 302 g/mol. The predicted octanol–water partition coefficient (Wildman–Crippen LogP) is 3.75. The Bertz CT molecular complexity index is 780. The Morgan fingerprint density at radius 1 is 1.08 bits per heavy atom. The minimum atomic E-state index is -0.909. The normalized spacial score (nSPS) is 13.5. The van der Waals surface area contributed by atoms with Gasteiger partial charge in [-0.05, 0) is 25.8 Å². The number of aliphatic hydroxyl groups is 1. The van der Waals surface area contributed by atoms with Crippen LogP contribution in [0.3, 0.4) is 0 Å². The highest BCUT2D eigenvalue weighted by Crippen LogP contribution is 2.24. The van der Waals surface area contributed by atoms with E-state index in [1.165, 1.54) is 5.56 Å². The molecule has 0 fully saturated rings. The Kier molecular flexibility index (Phi) is 4.62. The van der Waals surface area contributed by atoms with E-state index in [-0.39, 0.29) is 0 Å². The number of hydrogen-bond donors (Lipinski definition) is 2. The molecule has 1 heterocycles. The van der Waals surface area contributed by atoms with Crippen molar-refractivity contribution in [2.24, 2.45) is 0 Å². The number of aromatic nitrogens is 2. The van der Waals surface area contributed by atoms with E-state index >= 15 is 0 Å². The number of hydrogen-bond acceptors (Lipinski definition) is 5. The van der Waals surface area contributed by atoms with Crippen LogP contribution in [-0.4, -0.2) is 21.8 Å². The maximum atomic E-state index is 10.6. The van der Waals surface area contributed by atoms with Crippen LogP contribution in [0.25, 0.3) is 11.4 Å². The summed E-state index contributed by atoms with van der Waals surface area (Å²) in [6, 6.07) is 17.9. The first-order chi connectivity index (χ1) is 11.5. The molecule has 0 saturated carbocycles. The first-order valence-electron chi connectivity index (χ1n) is 7.97.